The Morgan fingerprint density at radius 2 is 2.12 bits per heavy atom. The summed E-state index contributed by atoms with van der Waals surface area (Å²) in [4.78, 5) is 7.19. The molecule has 1 aromatic carbocycles. The maximum Gasteiger partial charge on any atom is 0.194 e. The second kappa shape index (κ2) is 10.8. The van der Waals surface area contributed by atoms with E-state index in [-0.39, 0.29) is 36.2 Å². The predicted octanol–water partition coefficient (Wildman–Crippen LogP) is 3.72. The number of halogens is 2. The first-order valence-electron chi connectivity index (χ1n) is 9.19. The molecule has 2 atom stereocenters. The first-order valence-corrected chi connectivity index (χ1v) is 9.98. The Morgan fingerprint density at radius 3 is 2.81 bits per heavy atom. The molecule has 0 saturated carbocycles. The third-order valence-electron chi connectivity index (χ3n) is 4.81. The summed E-state index contributed by atoms with van der Waals surface area (Å²) in [6.07, 6.45) is 2.63. The lowest BCUT2D eigenvalue weighted by molar-refractivity contribution is -0.0817. The van der Waals surface area contributed by atoms with Crippen LogP contribution in [0, 0.1) is 6.92 Å². The topological polar surface area (TPSA) is 46.1 Å². The van der Waals surface area contributed by atoms with Crippen LogP contribution in [-0.4, -0.2) is 55.9 Å². The minimum Gasteiger partial charge on any atom is -0.375 e. The van der Waals surface area contributed by atoms with Gasteiger partial charge in [-0.2, -0.15) is 0 Å². The summed E-state index contributed by atoms with van der Waals surface area (Å²) in [7, 11) is 0. The van der Waals surface area contributed by atoms with E-state index in [0.29, 0.717) is 6.54 Å². The standard InChI is InChI=1S/C19H28BrN3O2.HI/c1-3-21-19(22-12-15-6-7-16(20)11-14(15)2)23-8-10-25-18(13-23)17-5-4-9-24-17;/h6-7,11,17-18H,3-5,8-10,12-13H2,1-2H3,(H,21,22);1H. The van der Waals surface area contributed by atoms with E-state index in [1.54, 1.807) is 0 Å². The second-order valence-electron chi connectivity index (χ2n) is 6.65. The molecule has 1 aromatic rings. The fourth-order valence-corrected chi connectivity index (χ4v) is 3.89. The van der Waals surface area contributed by atoms with Gasteiger partial charge in [0.2, 0.25) is 0 Å². The van der Waals surface area contributed by atoms with E-state index in [0.717, 1.165) is 56.1 Å². The average molecular weight is 538 g/mol. The summed E-state index contributed by atoms with van der Waals surface area (Å²) >= 11 is 3.52. The molecule has 146 valence electrons. The lowest BCUT2D eigenvalue weighted by Gasteiger charge is -2.37. The number of aliphatic imine (C=N–C) groups is 1. The highest BCUT2D eigenvalue weighted by Gasteiger charge is 2.32. The molecule has 0 spiro atoms. The van der Waals surface area contributed by atoms with Crippen molar-refractivity contribution in [3.05, 3.63) is 33.8 Å². The van der Waals surface area contributed by atoms with Crippen molar-refractivity contribution in [1.29, 1.82) is 0 Å². The third kappa shape index (κ3) is 5.81. The van der Waals surface area contributed by atoms with Crippen molar-refractivity contribution in [1.82, 2.24) is 10.2 Å². The van der Waals surface area contributed by atoms with Gasteiger partial charge in [0.1, 0.15) is 6.10 Å². The maximum atomic E-state index is 5.96. The number of morpholine rings is 1. The number of nitrogens with zero attached hydrogens (tertiary/aromatic N) is 2. The van der Waals surface area contributed by atoms with Gasteiger partial charge in [-0.25, -0.2) is 4.99 Å². The summed E-state index contributed by atoms with van der Waals surface area (Å²) in [6, 6.07) is 6.36. The van der Waals surface area contributed by atoms with Crippen molar-refractivity contribution in [2.24, 2.45) is 4.99 Å². The molecule has 0 amide bonds. The molecule has 0 aliphatic carbocycles. The van der Waals surface area contributed by atoms with E-state index in [2.05, 4.69) is 58.2 Å². The molecule has 0 aromatic heterocycles. The molecule has 5 nitrogen and oxygen atoms in total. The fraction of sp³-hybridized carbons (Fsp3) is 0.632. The van der Waals surface area contributed by atoms with Crippen molar-refractivity contribution in [2.45, 2.75) is 45.4 Å². The highest BCUT2D eigenvalue weighted by atomic mass is 127. The quantitative estimate of drug-likeness (QED) is 0.361. The molecular weight excluding hydrogens is 509 g/mol. The van der Waals surface area contributed by atoms with Gasteiger partial charge in [-0.15, -0.1) is 24.0 Å². The molecule has 2 heterocycles. The summed E-state index contributed by atoms with van der Waals surface area (Å²) in [5.74, 6) is 0.969. The van der Waals surface area contributed by atoms with Gasteiger partial charge in [0.05, 0.1) is 19.3 Å². The Balaban J connectivity index is 0.00000243. The number of guanidine groups is 1. The van der Waals surface area contributed by atoms with Crippen LogP contribution in [0.1, 0.15) is 30.9 Å². The molecule has 26 heavy (non-hydrogen) atoms. The molecule has 2 unspecified atom stereocenters. The van der Waals surface area contributed by atoms with Crippen molar-refractivity contribution in [3.63, 3.8) is 0 Å². The van der Waals surface area contributed by atoms with E-state index < -0.39 is 0 Å². The average Bonchev–Trinajstić information content (AvgIpc) is 3.15. The van der Waals surface area contributed by atoms with Gasteiger partial charge in [0.25, 0.3) is 0 Å². The number of aryl methyl sites for hydroxylation is 1. The highest BCUT2D eigenvalue weighted by Crippen LogP contribution is 2.21. The minimum atomic E-state index is 0. The van der Waals surface area contributed by atoms with Gasteiger partial charge >= 0.3 is 0 Å². The molecule has 2 fully saturated rings. The molecule has 1 N–H and O–H groups in total. The molecule has 7 heteroatoms. The van der Waals surface area contributed by atoms with Crippen molar-refractivity contribution < 1.29 is 9.47 Å². The Labute approximate surface area is 182 Å². The normalized spacial score (nSPS) is 23.7. The number of rotatable bonds is 4. The van der Waals surface area contributed by atoms with E-state index in [4.69, 9.17) is 14.5 Å². The van der Waals surface area contributed by atoms with Crippen LogP contribution in [0.5, 0.6) is 0 Å². The Hall–Kier alpha value is -0.380. The monoisotopic (exact) mass is 537 g/mol. The van der Waals surface area contributed by atoms with Gasteiger partial charge < -0.3 is 19.7 Å². The number of ether oxygens (including phenoxy) is 2. The largest absolute Gasteiger partial charge is 0.375 e. The van der Waals surface area contributed by atoms with Crippen molar-refractivity contribution >= 4 is 45.9 Å². The van der Waals surface area contributed by atoms with Crippen LogP contribution in [0.3, 0.4) is 0 Å². The van der Waals surface area contributed by atoms with Gasteiger partial charge in [0, 0.05) is 30.7 Å². The van der Waals surface area contributed by atoms with Crippen molar-refractivity contribution in [3.8, 4) is 0 Å². The molecule has 2 aliphatic heterocycles. The zero-order valence-electron chi connectivity index (χ0n) is 15.5. The van der Waals surface area contributed by atoms with Gasteiger partial charge in [-0.1, -0.05) is 22.0 Å². The summed E-state index contributed by atoms with van der Waals surface area (Å²) in [5.41, 5.74) is 2.51. The fourth-order valence-electron chi connectivity index (χ4n) is 3.41. The van der Waals surface area contributed by atoms with E-state index in [9.17, 15) is 0 Å². The molecule has 0 bridgehead atoms. The van der Waals surface area contributed by atoms with Crippen LogP contribution >= 0.6 is 39.9 Å². The Morgan fingerprint density at radius 1 is 1.31 bits per heavy atom. The Kier molecular flexibility index (Phi) is 9.12. The number of benzene rings is 1. The predicted molar refractivity (Wildman–Crippen MR) is 119 cm³/mol. The number of nitrogens with one attached hydrogen (secondary N) is 1. The smallest absolute Gasteiger partial charge is 0.194 e. The number of hydrogen-bond acceptors (Lipinski definition) is 3. The summed E-state index contributed by atoms with van der Waals surface area (Å²) in [6.45, 7) is 9.09. The zero-order chi connectivity index (χ0) is 17.6. The van der Waals surface area contributed by atoms with Gasteiger partial charge in [-0.05, 0) is 49.9 Å². The van der Waals surface area contributed by atoms with E-state index >= 15 is 0 Å². The van der Waals surface area contributed by atoms with Crippen LogP contribution in [-0.2, 0) is 16.0 Å². The lowest BCUT2D eigenvalue weighted by Crippen LogP contribution is -2.53. The van der Waals surface area contributed by atoms with Gasteiger partial charge in [-0.3, -0.25) is 0 Å². The van der Waals surface area contributed by atoms with Gasteiger partial charge in [0.15, 0.2) is 5.96 Å². The third-order valence-corrected chi connectivity index (χ3v) is 5.30. The molecule has 2 aliphatic rings. The second-order valence-corrected chi connectivity index (χ2v) is 7.56. The first-order chi connectivity index (χ1) is 12.2. The SMILES string of the molecule is CCNC(=NCc1ccc(Br)cc1C)N1CCOC(C2CCCO2)C1.I. The van der Waals surface area contributed by atoms with E-state index in [1.807, 2.05) is 0 Å². The summed E-state index contributed by atoms with van der Waals surface area (Å²) in [5, 5.41) is 3.43. The minimum absolute atomic E-state index is 0. The summed E-state index contributed by atoms with van der Waals surface area (Å²) < 4.78 is 12.9. The van der Waals surface area contributed by atoms with Crippen LogP contribution < -0.4 is 5.32 Å². The van der Waals surface area contributed by atoms with Crippen LogP contribution in [0.25, 0.3) is 0 Å². The van der Waals surface area contributed by atoms with Crippen LogP contribution in [0.15, 0.2) is 27.7 Å². The molecule has 2 saturated heterocycles. The van der Waals surface area contributed by atoms with Crippen LogP contribution in [0.4, 0.5) is 0 Å². The van der Waals surface area contributed by atoms with Crippen LogP contribution in [0.2, 0.25) is 0 Å². The zero-order valence-corrected chi connectivity index (χ0v) is 19.5. The highest BCUT2D eigenvalue weighted by molar-refractivity contribution is 14.0. The van der Waals surface area contributed by atoms with E-state index in [1.165, 1.54) is 11.1 Å². The molecule has 0 radical (unpaired) electrons. The Bertz CT molecular complexity index is 608. The number of hydrogen-bond donors (Lipinski definition) is 1. The first kappa shape index (κ1) is 21.9. The maximum absolute atomic E-state index is 5.96. The van der Waals surface area contributed by atoms with Crippen molar-refractivity contribution in [2.75, 3.05) is 32.8 Å². The lowest BCUT2D eigenvalue weighted by atomic mass is 10.1. The molecular formula is C19H29BrIN3O2. The molecule has 3 rings (SSSR count).